The monoisotopic (exact) mass is 445 g/mol. The summed E-state index contributed by atoms with van der Waals surface area (Å²) in [6.45, 7) is 0. The number of nitrogens with one attached hydrogen (secondary N) is 2. The molecule has 3 aromatic rings. The second kappa shape index (κ2) is 9.42. The van der Waals surface area contributed by atoms with Crippen molar-refractivity contribution in [1.82, 2.24) is 4.98 Å². The standard InChI is InChI=1S/C20H19N3O5S2/c1-27-16-6-9-18(28-2)14(13-16)3-10-19(24)22-15-4-7-17(8-5-15)30(25,26)23-20-21-11-12-29-20/h3-13H,1-2H3,(H,21,23)(H,22,24)/b10-3+. The van der Waals surface area contributed by atoms with E-state index in [2.05, 4.69) is 15.0 Å². The zero-order chi connectivity index (χ0) is 21.6. The first-order valence-corrected chi connectivity index (χ1v) is 11.0. The minimum absolute atomic E-state index is 0.0624. The van der Waals surface area contributed by atoms with Crippen molar-refractivity contribution >= 4 is 44.2 Å². The number of ether oxygens (including phenoxy) is 2. The molecule has 2 aromatic carbocycles. The van der Waals surface area contributed by atoms with Crippen molar-refractivity contribution in [2.75, 3.05) is 24.3 Å². The Morgan fingerprint density at radius 3 is 2.50 bits per heavy atom. The van der Waals surface area contributed by atoms with Crippen molar-refractivity contribution in [1.29, 1.82) is 0 Å². The molecule has 8 nitrogen and oxygen atoms in total. The molecule has 0 unspecified atom stereocenters. The van der Waals surface area contributed by atoms with Crippen LogP contribution in [0.2, 0.25) is 0 Å². The third-order valence-corrected chi connectivity index (χ3v) is 6.11. The van der Waals surface area contributed by atoms with Crippen LogP contribution in [0.3, 0.4) is 0 Å². The number of carbonyl (C=O) groups excluding carboxylic acids is 1. The van der Waals surface area contributed by atoms with Crippen LogP contribution in [0.1, 0.15) is 5.56 Å². The van der Waals surface area contributed by atoms with Crippen LogP contribution >= 0.6 is 11.3 Å². The average Bonchev–Trinajstić information content (AvgIpc) is 3.24. The Hall–Kier alpha value is -3.37. The van der Waals surface area contributed by atoms with E-state index >= 15 is 0 Å². The number of anilines is 2. The molecule has 0 radical (unpaired) electrons. The summed E-state index contributed by atoms with van der Waals surface area (Å²) < 4.78 is 37.5. The Balaban J connectivity index is 1.67. The number of nitrogens with zero attached hydrogens (tertiary/aromatic N) is 1. The van der Waals surface area contributed by atoms with E-state index in [-0.39, 0.29) is 15.9 Å². The molecule has 1 heterocycles. The number of sulfonamides is 1. The molecule has 0 aliphatic carbocycles. The molecule has 0 saturated carbocycles. The van der Waals surface area contributed by atoms with E-state index in [9.17, 15) is 13.2 Å². The van der Waals surface area contributed by atoms with Crippen LogP contribution < -0.4 is 19.5 Å². The highest BCUT2D eigenvalue weighted by atomic mass is 32.2. The largest absolute Gasteiger partial charge is 0.497 e. The zero-order valence-corrected chi connectivity index (χ0v) is 17.8. The summed E-state index contributed by atoms with van der Waals surface area (Å²) in [4.78, 5) is 16.2. The van der Waals surface area contributed by atoms with Crippen LogP contribution in [0, 0.1) is 0 Å². The summed E-state index contributed by atoms with van der Waals surface area (Å²) in [5.41, 5.74) is 1.14. The van der Waals surface area contributed by atoms with Crippen molar-refractivity contribution in [3.63, 3.8) is 0 Å². The van der Waals surface area contributed by atoms with Gasteiger partial charge in [0.15, 0.2) is 5.13 Å². The number of carbonyl (C=O) groups is 1. The van der Waals surface area contributed by atoms with Crippen LogP contribution in [0.4, 0.5) is 10.8 Å². The smallest absolute Gasteiger partial charge is 0.263 e. The maximum absolute atomic E-state index is 12.3. The molecular weight excluding hydrogens is 426 g/mol. The molecule has 0 bridgehead atoms. The quantitative estimate of drug-likeness (QED) is 0.513. The fourth-order valence-electron chi connectivity index (χ4n) is 2.48. The van der Waals surface area contributed by atoms with Gasteiger partial charge in [0.05, 0.1) is 19.1 Å². The maximum atomic E-state index is 12.3. The van der Waals surface area contributed by atoms with E-state index in [1.54, 1.807) is 36.8 Å². The van der Waals surface area contributed by atoms with E-state index in [0.29, 0.717) is 22.7 Å². The predicted octanol–water partition coefficient (Wildman–Crippen LogP) is 3.61. The molecule has 30 heavy (non-hydrogen) atoms. The zero-order valence-electron chi connectivity index (χ0n) is 16.2. The van der Waals surface area contributed by atoms with Gasteiger partial charge in [0.1, 0.15) is 11.5 Å². The number of hydrogen-bond donors (Lipinski definition) is 2. The fourth-order valence-corrected chi connectivity index (χ4v) is 4.27. The Morgan fingerprint density at radius 1 is 1.10 bits per heavy atom. The minimum atomic E-state index is -3.74. The molecular formula is C20H19N3O5S2. The first-order chi connectivity index (χ1) is 14.4. The number of rotatable bonds is 8. The molecule has 0 aliphatic rings. The summed E-state index contributed by atoms with van der Waals surface area (Å²) in [6, 6.07) is 11.1. The van der Waals surface area contributed by atoms with Crippen molar-refractivity contribution in [2.24, 2.45) is 0 Å². The highest BCUT2D eigenvalue weighted by molar-refractivity contribution is 7.93. The van der Waals surface area contributed by atoms with Crippen LogP contribution in [0.15, 0.2) is 65.0 Å². The second-order valence-electron chi connectivity index (χ2n) is 5.90. The number of amides is 1. The number of benzene rings is 2. The molecule has 0 saturated heterocycles. The lowest BCUT2D eigenvalue weighted by atomic mass is 10.1. The highest BCUT2D eigenvalue weighted by Crippen LogP contribution is 2.25. The summed E-state index contributed by atoms with van der Waals surface area (Å²) >= 11 is 1.18. The molecule has 1 aromatic heterocycles. The Morgan fingerprint density at radius 2 is 1.87 bits per heavy atom. The molecule has 0 fully saturated rings. The van der Waals surface area contributed by atoms with Gasteiger partial charge in [0, 0.05) is 28.9 Å². The van der Waals surface area contributed by atoms with Gasteiger partial charge in [-0.05, 0) is 48.5 Å². The van der Waals surface area contributed by atoms with Gasteiger partial charge in [-0.2, -0.15) is 0 Å². The Labute approximate surface area is 178 Å². The van der Waals surface area contributed by atoms with Crippen molar-refractivity contribution in [3.8, 4) is 11.5 Å². The molecule has 0 aliphatic heterocycles. The molecule has 156 valence electrons. The molecule has 0 atom stereocenters. The second-order valence-corrected chi connectivity index (χ2v) is 8.47. The predicted molar refractivity (Wildman–Crippen MR) is 117 cm³/mol. The normalized spacial score (nSPS) is 11.3. The number of aromatic nitrogens is 1. The van der Waals surface area contributed by atoms with Crippen LogP contribution in [0.5, 0.6) is 11.5 Å². The number of methoxy groups -OCH3 is 2. The van der Waals surface area contributed by atoms with Gasteiger partial charge >= 0.3 is 0 Å². The Kier molecular flexibility index (Phi) is 6.70. The van der Waals surface area contributed by atoms with Gasteiger partial charge < -0.3 is 14.8 Å². The highest BCUT2D eigenvalue weighted by Gasteiger charge is 2.15. The summed E-state index contributed by atoms with van der Waals surface area (Å²) in [5, 5.41) is 4.63. The van der Waals surface area contributed by atoms with Crippen LogP contribution in [-0.4, -0.2) is 33.5 Å². The van der Waals surface area contributed by atoms with E-state index in [1.807, 2.05) is 0 Å². The third-order valence-electron chi connectivity index (χ3n) is 3.94. The first kappa shape index (κ1) is 21.3. The number of hydrogen-bond acceptors (Lipinski definition) is 7. The maximum Gasteiger partial charge on any atom is 0.263 e. The van der Waals surface area contributed by atoms with Crippen molar-refractivity contribution < 1.29 is 22.7 Å². The molecule has 10 heteroatoms. The summed E-state index contributed by atoms with van der Waals surface area (Å²) in [6.07, 6.45) is 4.47. The van der Waals surface area contributed by atoms with Gasteiger partial charge in [-0.15, -0.1) is 11.3 Å². The van der Waals surface area contributed by atoms with E-state index < -0.39 is 10.0 Å². The minimum Gasteiger partial charge on any atom is -0.497 e. The number of thiazole rings is 1. The van der Waals surface area contributed by atoms with Gasteiger partial charge in [-0.1, -0.05) is 0 Å². The topological polar surface area (TPSA) is 107 Å². The lowest BCUT2D eigenvalue weighted by Crippen LogP contribution is -2.13. The van der Waals surface area contributed by atoms with E-state index in [1.165, 1.54) is 55.0 Å². The molecule has 3 rings (SSSR count). The van der Waals surface area contributed by atoms with E-state index in [0.717, 1.165) is 0 Å². The van der Waals surface area contributed by atoms with Crippen LogP contribution in [-0.2, 0) is 14.8 Å². The Bertz CT molecular complexity index is 1140. The lowest BCUT2D eigenvalue weighted by molar-refractivity contribution is -0.111. The SMILES string of the molecule is COc1ccc(OC)c(/C=C/C(=O)Nc2ccc(S(=O)(=O)Nc3nccs3)cc2)c1. The van der Waals surface area contributed by atoms with E-state index in [4.69, 9.17) is 9.47 Å². The first-order valence-electron chi connectivity index (χ1n) is 8.65. The van der Waals surface area contributed by atoms with Gasteiger partial charge in [-0.25, -0.2) is 13.4 Å². The summed E-state index contributed by atoms with van der Waals surface area (Å²) in [5.74, 6) is 0.859. The van der Waals surface area contributed by atoms with Crippen LogP contribution in [0.25, 0.3) is 6.08 Å². The fraction of sp³-hybridized carbons (Fsp3) is 0.100. The average molecular weight is 446 g/mol. The summed E-state index contributed by atoms with van der Waals surface area (Å²) in [7, 11) is -0.650. The van der Waals surface area contributed by atoms with Gasteiger partial charge in [-0.3, -0.25) is 9.52 Å². The molecule has 0 spiro atoms. The molecule has 2 N–H and O–H groups in total. The third kappa shape index (κ3) is 5.37. The van der Waals surface area contributed by atoms with Crippen molar-refractivity contribution in [3.05, 3.63) is 65.7 Å². The lowest BCUT2D eigenvalue weighted by Gasteiger charge is -2.08. The van der Waals surface area contributed by atoms with Gasteiger partial charge in [0.2, 0.25) is 5.91 Å². The van der Waals surface area contributed by atoms with Gasteiger partial charge in [0.25, 0.3) is 10.0 Å². The molecule has 1 amide bonds. The van der Waals surface area contributed by atoms with Crippen molar-refractivity contribution in [2.45, 2.75) is 4.90 Å².